The molecule has 0 atom stereocenters. The average molecular weight is 340 g/mol. The van der Waals surface area contributed by atoms with E-state index in [1.807, 2.05) is 18.5 Å². The van der Waals surface area contributed by atoms with Crippen LogP contribution in [0.3, 0.4) is 0 Å². The number of fused-ring (bicyclic) bond motifs is 1. The fraction of sp³-hybridized carbons (Fsp3) is 0.474. The monoisotopic (exact) mass is 340 g/mol. The van der Waals surface area contributed by atoms with Gasteiger partial charge in [0.1, 0.15) is 13.2 Å². The van der Waals surface area contributed by atoms with E-state index in [9.17, 15) is 0 Å². The van der Waals surface area contributed by atoms with E-state index >= 15 is 0 Å². The quantitative estimate of drug-likeness (QED) is 0.814. The van der Waals surface area contributed by atoms with Gasteiger partial charge in [-0.25, -0.2) is 9.97 Å². The average Bonchev–Trinajstić information content (AvgIpc) is 3.20. The van der Waals surface area contributed by atoms with Crippen molar-refractivity contribution in [2.45, 2.75) is 25.8 Å². The Morgan fingerprint density at radius 1 is 0.960 bits per heavy atom. The molecular weight excluding hydrogens is 316 g/mol. The van der Waals surface area contributed by atoms with Crippen molar-refractivity contribution in [2.75, 3.05) is 37.7 Å². The molecular formula is C19H24N4O2. The molecule has 3 heterocycles. The van der Waals surface area contributed by atoms with Gasteiger partial charge in [0.05, 0.1) is 0 Å². The number of ether oxygens (including phenoxy) is 2. The third-order valence-electron chi connectivity index (χ3n) is 4.61. The molecule has 1 aromatic heterocycles. The summed E-state index contributed by atoms with van der Waals surface area (Å²) in [6, 6.07) is 6.17. The second kappa shape index (κ2) is 7.70. The van der Waals surface area contributed by atoms with Crippen LogP contribution in [-0.4, -0.2) is 42.8 Å². The van der Waals surface area contributed by atoms with Crippen LogP contribution in [0.2, 0.25) is 0 Å². The summed E-state index contributed by atoms with van der Waals surface area (Å²) in [7, 11) is 0. The molecule has 0 unspecified atom stereocenters. The Kier molecular flexibility index (Phi) is 4.97. The standard InChI is InChI=1S/C19H24N4O2/c1-2-8-23(7-1)19-21-13-16(14-22-19)12-20-6-5-15-3-4-17-18(11-15)25-10-9-24-17/h3-4,11,13-14,20H,1-2,5-10,12H2. The minimum absolute atomic E-state index is 0.627. The fourth-order valence-corrected chi connectivity index (χ4v) is 3.23. The van der Waals surface area contributed by atoms with Crippen molar-refractivity contribution in [3.8, 4) is 11.5 Å². The van der Waals surface area contributed by atoms with Crippen molar-refractivity contribution in [1.29, 1.82) is 0 Å². The van der Waals surface area contributed by atoms with E-state index in [0.29, 0.717) is 13.2 Å². The van der Waals surface area contributed by atoms with E-state index in [1.165, 1.54) is 18.4 Å². The first kappa shape index (κ1) is 16.1. The molecule has 0 radical (unpaired) electrons. The zero-order valence-corrected chi connectivity index (χ0v) is 14.4. The van der Waals surface area contributed by atoms with Crippen LogP contribution >= 0.6 is 0 Å². The molecule has 2 aliphatic rings. The van der Waals surface area contributed by atoms with Gasteiger partial charge in [0, 0.05) is 37.6 Å². The van der Waals surface area contributed by atoms with Crippen molar-refractivity contribution in [3.63, 3.8) is 0 Å². The van der Waals surface area contributed by atoms with Gasteiger partial charge < -0.3 is 19.7 Å². The third kappa shape index (κ3) is 4.02. The maximum absolute atomic E-state index is 5.63. The van der Waals surface area contributed by atoms with E-state index in [2.05, 4.69) is 32.3 Å². The zero-order valence-electron chi connectivity index (χ0n) is 14.4. The largest absolute Gasteiger partial charge is 0.486 e. The molecule has 4 rings (SSSR count). The Morgan fingerprint density at radius 2 is 1.72 bits per heavy atom. The molecule has 2 aromatic rings. The molecule has 0 amide bonds. The number of hydrogen-bond donors (Lipinski definition) is 1. The summed E-state index contributed by atoms with van der Waals surface area (Å²) in [4.78, 5) is 11.2. The first-order valence-electron chi connectivity index (χ1n) is 9.03. The number of nitrogens with zero attached hydrogens (tertiary/aromatic N) is 3. The molecule has 6 nitrogen and oxygen atoms in total. The summed E-state index contributed by atoms with van der Waals surface area (Å²) in [5.41, 5.74) is 2.36. The Hall–Kier alpha value is -2.34. The van der Waals surface area contributed by atoms with Crippen molar-refractivity contribution in [2.24, 2.45) is 0 Å². The first-order chi connectivity index (χ1) is 12.4. The predicted octanol–water partition coefficient (Wildman–Crippen LogP) is 2.18. The second-order valence-electron chi connectivity index (χ2n) is 6.49. The molecule has 0 saturated carbocycles. The van der Waals surface area contributed by atoms with Gasteiger partial charge in [0.25, 0.3) is 0 Å². The summed E-state index contributed by atoms with van der Waals surface area (Å²) in [6.45, 7) is 5.09. The lowest BCUT2D eigenvalue weighted by atomic mass is 10.1. The molecule has 1 saturated heterocycles. The number of benzene rings is 1. The van der Waals surface area contributed by atoms with E-state index < -0.39 is 0 Å². The summed E-state index contributed by atoms with van der Waals surface area (Å²) in [5.74, 6) is 2.56. The van der Waals surface area contributed by atoms with Gasteiger partial charge in [-0.15, -0.1) is 0 Å². The summed E-state index contributed by atoms with van der Waals surface area (Å²) < 4.78 is 11.2. The van der Waals surface area contributed by atoms with Gasteiger partial charge in [0.15, 0.2) is 11.5 Å². The molecule has 1 aromatic carbocycles. The zero-order chi connectivity index (χ0) is 16.9. The van der Waals surface area contributed by atoms with Gasteiger partial charge in [-0.1, -0.05) is 6.07 Å². The molecule has 2 aliphatic heterocycles. The van der Waals surface area contributed by atoms with Gasteiger partial charge in [0.2, 0.25) is 5.95 Å². The van der Waals surface area contributed by atoms with Crippen LogP contribution in [0.15, 0.2) is 30.6 Å². The van der Waals surface area contributed by atoms with E-state index in [4.69, 9.17) is 9.47 Å². The van der Waals surface area contributed by atoms with Gasteiger partial charge in [-0.2, -0.15) is 0 Å². The molecule has 25 heavy (non-hydrogen) atoms. The summed E-state index contributed by atoms with van der Waals surface area (Å²) in [5, 5.41) is 3.45. The lowest BCUT2D eigenvalue weighted by Crippen LogP contribution is -2.21. The Balaban J connectivity index is 1.24. The minimum atomic E-state index is 0.627. The van der Waals surface area contributed by atoms with E-state index in [1.54, 1.807) is 0 Å². The highest BCUT2D eigenvalue weighted by Crippen LogP contribution is 2.30. The number of hydrogen-bond acceptors (Lipinski definition) is 6. The second-order valence-corrected chi connectivity index (χ2v) is 6.49. The Labute approximate surface area is 148 Å². The molecule has 0 bridgehead atoms. The smallest absolute Gasteiger partial charge is 0.225 e. The van der Waals surface area contributed by atoms with Gasteiger partial charge in [-0.3, -0.25) is 0 Å². The first-order valence-corrected chi connectivity index (χ1v) is 9.03. The van der Waals surface area contributed by atoms with Gasteiger partial charge in [-0.05, 0) is 43.5 Å². The highest BCUT2D eigenvalue weighted by molar-refractivity contribution is 5.43. The molecule has 1 N–H and O–H groups in total. The number of rotatable bonds is 6. The van der Waals surface area contributed by atoms with Crippen molar-refractivity contribution < 1.29 is 9.47 Å². The maximum Gasteiger partial charge on any atom is 0.225 e. The number of nitrogens with one attached hydrogen (secondary N) is 1. The van der Waals surface area contributed by atoms with Crippen molar-refractivity contribution in [1.82, 2.24) is 15.3 Å². The van der Waals surface area contributed by atoms with Crippen LogP contribution in [0, 0.1) is 0 Å². The Bertz CT molecular complexity index is 699. The lowest BCUT2D eigenvalue weighted by Gasteiger charge is -2.18. The van der Waals surface area contributed by atoms with Gasteiger partial charge >= 0.3 is 0 Å². The van der Waals surface area contributed by atoms with Crippen LogP contribution < -0.4 is 19.7 Å². The van der Waals surface area contributed by atoms with Crippen LogP contribution in [0.1, 0.15) is 24.0 Å². The number of anilines is 1. The summed E-state index contributed by atoms with van der Waals surface area (Å²) >= 11 is 0. The fourth-order valence-electron chi connectivity index (χ4n) is 3.23. The number of aromatic nitrogens is 2. The molecule has 1 fully saturated rings. The van der Waals surface area contributed by atoms with E-state index in [-0.39, 0.29) is 0 Å². The third-order valence-corrected chi connectivity index (χ3v) is 4.61. The highest BCUT2D eigenvalue weighted by atomic mass is 16.6. The van der Waals surface area contributed by atoms with E-state index in [0.717, 1.165) is 55.6 Å². The highest BCUT2D eigenvalue weighted by Gasteiger charge is 2.14. The van der Waals surface area contributed by atoms with Crippen LogP contribution in [0.4, 0.5) is 5.95 Å². The SMILES string of the molecule is c1cc2c(cc1CCNCc1cnc(N3CCCC3)nc1)OCCO2. The molecule has 0 spiro atoms. The predicted molar refractivity (Wildman–Crippen MR) is 96.3 cm³/mol. The molecule has 132 valence electrons. The van der Waals surface area contributed by atoms with Crippen LogP contribution in [0.25, 0.3) is 0 Å². The topological polar surface area (TPSA) is 59.5 Å². The normalized spacial score (nSPS) is 16.2. The van der Waals surface area contributed by atoms with Crippen LogP contribution in [0.5, 0.6) is 11.5 Å². The lowest BCUT2D eigenvalue weighted by molar-refractivity contribution is 0.171. The van der Waals surface area contributed by atoms with Crippen molar-refractivity contribution in [3.05, 3.63) is 41.7 Å². The van der Waals surface area contributed by atoms with Crippen molar-refractivity contribution >= 4 is 5.95 Å². The molecule has 6 heteroatoms. The minimum Gasteiger partial charge on any atom is -0.486 e. The Morgan fingerprint density at radius 3 is 2.52 bits per heavy atom. The van der Waals surface area contributed by atoms with Crippen LogP contribution in [-0.2, 0) is 13.0 Å². The summed E-state index contributed by atoms with van der Waals surface area (Å²) in [6.07, 6.45) is 7.29. The maximum atomic E-state index is 5.63. The molecule has 0 aliphatic carbocycles.